The molecule has 0 unspecified atom stereocenters. The van der Waals surface area contributed by atoms with Crippen LogP contribution in [0.1, 0.15) is 36.0 Å². The zero-order valence-electron chi connectivity index (χ0n) is 15.1. The molecule has 1 aromatic carbocycles. The highest BCUT2D eigenvalue weighted by Crippen LogP contribution is 2.21. The van der Waals surface area contributed by atoms with Crippen molar-refractivity contribution in [2.24, 2.45) is 0 Å². The van der Waals surface area contributed by atoms with Crippen LogP contribution in [0.4, 0.5) is 0 Å². The minimum absolute atomic E-state index is 0.0692. The van der Waals surface area contributed by atoms with Crippen molar-refractivity contribution in [3.8, 4) is 6.07 Å². The van der Waals surface area contributed by atoms with Gasteiger partial charge in [0.2, 0.25) is 5.91 Å². The molecule has 2 aromatic rings. The second-order valence-corrected chi connectivity index (χ2v) is 6.84. The van der Waals surface area contributed by atoms with Gasteiger partial charge in [0.15, 0.2) is 0 Å². The first-order valence-corrected chi connectivity index (χ1v) is 9.04. The van der Waals surface area contributed by atoms with E-state index in [1.807, 2.05) is 31.3 Å². The number of likely N-dealkylation sites (N-methyl/N-ethyl adjacent to an activating group) is 1. The Bertz CT molecular complexity index is 767. The smallest absolute Gasteiger partial charge is 0.239 e. The first-order chi connectivity index (χ1) is 12.7. The summed E-state index contributed by atoms with van der Waals surface area (Å²) < 4.78 is 0. The van der Waals surface area contributed by atoms with Gasteiger partial charge in [-0.2, -0.15) is 5.26 Å². The predicted molar refractivity (Wildman–Crippen MR) is 99.9 cm³/mol. The molecule has 1 aromatic heterocycles. The highest BCUT2D eigenvalue weighted by Gasteiger charge is 2.30. The molecule has 0 saturated carbocycles. The number of rotatable bonds is 5. The van der Waals surface area contributed by atoms with E-state index in [1.165, 1.54) is 5.56 Å². The Morgan fingerprint density at radius 2 is 1.92 bits per heavy atom. The molecular formula is C21H24N4O. The normalized spacial score (nSPS) is 17.5. The Hall–Kier alpha value is -2.71. The fourth-order valence-electron chi connectivity index (χ4n) is 3.47. The minimum Gasteiger partial charge on any atom is -0.340 e. The molecule has 0 aliphatic carbocycles. The molecule has 3 rings (SSSR count). The third-order valence-corrected chi connectivity index (χ3v) is 4.91. The van der Waals surface area contributed by atoms with Crippen molar-refractivity contribution in [1.29, 1.82) is 5.26 Å². The Balaban J connectivity index is 1.66. The maximum atomic E-state index is 13.0. The maximum Gasteiger partial charge on any atom is 0.239 e. The third-order valence-electron chi connectivity index (χ3n) is 4.91. The minimum atomic E-state index is -0.0692. The van der Waals surface area contributed by atoms with Crippen LogP contribution in [0.2, 0.25) is 0 Å². The number of likely N-dealkylation sites (tertiary alicyclic amines) is 1. The van der Waals surface area contributed by atoms with E-state index < -0.39 is 0 Å². The highest BCUT2D eigenvalue weighted by atomic mass is 16.2. The van der Waals surface area contributed by atoms with Gasteiger partial charge in [-0.05, 0) is 54.8 Å². The zero-order chi connectivity index (χ0) is 18.4. The number of pyridine rings is 1. The molecule has 1 atom stereocenters. The summed E-state index contributed by atoms with van der Waals surface area (Å²) in [5, 5.41) is 8.90. The molecule has 0 N–H and O–H groups in total. The van der Waals surface area contributed by atoms with Crippen LogP contribution in [0.3, 0.4) is 0 Å². The van der Waals surface area contributed by atoms with Crippen molar-refractivity contribution >= 4 is 5.91 Å². The number of hydrogen-bond donors (Lipinski definition) is 0. The molecule has 1 aliphatic heterocycles. The van der Waals surface area contributed by atoms with E-state index in [0.717, 1.165) is 37.9 Å². The van der Waals surface area contributed by atoms with E-state index >= 15 is 0 Å². The van der Waals surface area contributed by atoms with Gasteiger partial charge in [-0.25, -0.2) is 0 Å². The number of benzene rings is 1. The van der Waals surface area contributed by atoms with Crippen molar-refractivity contribution in [2.45, 2.75) is 38.4 Å². The fraction of sp³-hybridized carbons (Fsp3) is 0.381. The monoisotopic (exact) mass is 348 g/mol. The van der Waals surface area contributed by atoms with Crippen molar-refractivity contribution in [3.63, 3.8) is 0 Å². The lowest BCUT2D eigenvalue weighted by Gasteiger charge is -2.36. The van der Waals surface area contributed by atoms with Gasteiger partial charge in [-0.15, -0.1) is 0 Å². The van der Waals surface area contributed by atoms with Gasteiger partial charge in [-0.1, -0.05) is 18.6 Å². The zero-order valence-corrected chi connectivity index (χ0v) is 15.1. The average Bonchev–Trinajstić information content (AvgIpc) is 2.69. The quantitative estimate of drug-likeness (QED) is 0.833. The van der Waals surface area contributed by atoms with E-state index in [0.29, 0.717) is 12.1 Å². The first kappa shape index (κ1) is 18.1. The van der Waals surface area contributed by atoms with E-state index in [4.69, 9.17) is 5.26 Å². The summed E-state index contributed by atoms with van der Waals surface area (Å²) in [6.07, 6.45) is 6.73. The number of carbonyl (C=O) groups is 1. The average molecular weight is 348 g/mol. The first-order valence-electron chi connectivity index (χ1n) is 9.04. The highest BCUT2D eigenvalue weighted by molar-refractivity contribution is 5.81. The van der Waals surface area contributed by atoms with Gasteiger partial charge >= 0.3 is 0 Å². The molecular weight excluding hydrogens is 324 g/mol. The van der Waals surface area contributed by atoms with Crippen molar-refractivity contribution in [3.05, 3.63) is 65.5 Å². The Morgan fingerprint density at radius 1 is 1.19 bits per heavy atom. The molecule has 1 amide bonds. The molecule has 1 fully saturated rings. The van der Waals surface area contributed by atoms with E-state index in [-0.39, 0.29) is 11.9 Å². The summed E-state index contributed by atoms with van der Waals surface area (Å²) in [5.74, 6) is 0.170. The van der Waals surface area contributed by atoms with Crippen LogP contribution in [-0.4, -0.2) is 40.3 Å². The largest absolute Gasteiger partial charge is 0.340 e. The van der Waals surface area contributed by atoms with E-state index in [1.54, 1.807) is 29.4 Å². The molecule has 0 bridgehead atoms. The molecule has 1 aliphatic rings. The number of aromatic nitrogens is 1. The number of nitriles is 1. The molecule has 1 saturated heterocycles. The summed E-state index contributed by atoms with van der Waals surface area (Å²) in [4.78, 5) is 21.2. The molecule has 0 spiro atoms. The molecule has 5 nitrogen and oxygen atoms in total. The van der Waals surface area contributed by atoms with Crippen molar-refractivity contribution in [1.82, 2.24) is 14.8 Å². The van der Waals surface area contributed by atoms with Crippen molar-refractivity contribution < 1.29 is 4.79 Å². The number of piperidine rings is 1. The lowest BCUT2D eigenvalue weighted by Crippen LogP contribution is -2.49. The lowest BCUT2D eigenvalue weighted by molar-refractivity contribution is -0.137. The summed E-state index contributed by atoms with van der Waals surface area (Å²) in [6, 6.07) is 13.5. The summed E-state index contributed by atoms with van der Waals surface area (Å²) >= 11 is 0. The van der Waals surface area contributed by atoms with E-state index in [9.17, 15) is 4.79 Å². The van der Waals surface area contributed by atoms with Gasteiger partial charge in [0.25, 0.3) is 0 Å². The second-order valence-electron chi connectivity index (χ2n) is 6.84. The maximum absolute atomic E-state index is 13.0. The summed E-state index contributed by atoms with van der Waals surface area (Å²) in [6.45, 7) is 2.29. The molecule has 134 valence electrons. The fourth-order valence-corrected chi connectivity index (χ4v) is 3.47. The second kappa shape index (κ2) is 8.59. The standard InChI is InChI=1S/C21H24N4O/c1-24(15-18-7-5-17(14-22)6-8-18)21(26)20-4-2-3-13-25(20)16-19-9-11-23-12-10-19/h5-12,20H,2-4,13,15-16H2,1H3/t20-/m1/s1. The van der Waals surface area contributed by atoms with Gasteiger partial charge < -0.3 is 4.90 Å². The van der Waals surface area contributed by atoms with Gasteiger partial charge in [-0.3, -0.25) is 14.7 Å². The van der Waals surface area contributed by atoms with Crippen LogP contribution in [0.5, 0.6) is 0 Å². The van der Waals surface area contributed by atoms with Crippen LogP contribution in [0.15, 0.2) is 48.8 Å². The topological polar surface area (TPSA) is 60.2 Å². The predicted octanol–water partition coefficient (Wildman–Crippen LogP) is 2.97. The Morgan fingerprint density at radius 3 is 2.62 bits per heavy atom. The Kier molecular flexibility index (Phi) is 5.98. The van der Waals surface area contributed by atoms with Crippen LogP contribution in [0.25, 0.3) is 0 Å². The molecule has 2 heterocycles. The molecule has 26 heavy (non-hydrogen) atoms. The van der Waals surface area contributed by atoms with Crippen LogP contribution < -0.4 is 0 Å². The van der Waals surface area contributed by atoms with Gasteiger partial charge in [0, 0.05) is 32.5 Å². The van der Waals surface area contributed by atoms with Crippen LogP contribution in [-0.2, 0) is 17.9 Å². The SMILES string of the molecule is CN(Cc1ccc(C#N)cc1)C(=O)[C@H]1CCCCN1Cc1ccncc1. The summed E-state index contributed by atoms with van der Waals surface area (Å²) in [5.41, 5.74) is 2.87. The molecule has 5 heteroatoms. The number of carbonyl (C=O) groups excluding carboxylic acids is 1. The number of amides is 1. The third kappa shape index (κ3) is 4.47. The van der Waals surface area contributed by atoms with Crippen molar-refractivity contribution in [2.75, 3.05) is 13.6 Å². The van der Waals surface area contributed by atoms with Crippen LogP contribution in [0, 0.1) is 11.3 Å². The lowest BCUT2D eigenvalue weighted by atomic mass is 10.00. The summed E-state index contributed by atoms with van der Waals surface area (Å²) in [7, 11) is 1.86. The van der Waals surface area contributed by atoms with Crippen LogP contribution >= 0.6 is 0 Å². The Labute approximate surface area is 154 Å². The number of hydrogen-bond acceptors (Lipinski definition) is 4. The number of nitrogens with zero attached hydrogens (tertiary/aromatic N) is 4. The van der Waals surface area contributed by atoms with E-state index in [2.05, 4.69) is 16.0 Å². The molecule has 0 radical (unpaired) electrons. The van der Waals surface area contributed by atoms with Gasteiger partial charge in [0.05, 0.1) is 17.7 Å². The van der Waals surface area contributed by atoms with Gasteiger partial charge in [0.1, 0.15) is 0 Å².